The Bertz CT molecular complexity index is 531. The van der Waals surface area contributed by atoms with Crippen LogP contribution in [0.2, 0.25) is 0 Å². The Kier molecular flexibility index (Phi) is 4.42. The van der Waals surface area contributed by atoms with E-state index in [0.717, 1.165) is 25.1 Å². The van der Waals surface area contributed by atoms with Gasteiger partial charge in [0, 0.05) is 16.6 Å². The minimum Gasteiger partial charge on any atom is -0.456 e. The van der Waals surface area contributed by atoms with Gasteiger partial charge < -0.3 is 10.5 Å². The summed E-state index contributed by atoms with van der Waals surface area (Å²) in [7, 11) is 0. The molecule has 88 valence electrons. The normalized spacial score (nSPS) is 10.3. The molecular weight excluding hydrogens is 393 g/mol. The quantitative estimate of drug-likeness (QED) is 0.775. The summed E-state index contributed by atoms with van der Waals surface area (Å²) in [5.74, 6) is 1.65. The molecule has 2 nitrogen and oxygen atoms in total. The third kappa shape index (κ3) is 3.20. The number of nitrogens with two attached hydrogens (primary N) is 1. The molecule has 0 bridgehead atoms. The number of benzene rings is 2. The van der Waals surface area contributed by atoms with Gasteiger partial charge in [0.25, 0.3) is 0 Å². The molecule has 17 heavy (non-hydrogen) atoms. The first-order valence-corrected chi connectivity index (χ1v) is 6.99. The maximum absolute atomic E-state index is 5.89. The highest BCUT2D eigenvalue weighted by atomic mass is 127. The molecule has 0 saturated carbocycles. The number of para-hydroxylation sites is 1. The van der Waals surface area contributed by atoms with Gasteiger partial charge in [-0.1, -0.05) is 34.1 Å². The lowest BCUT2D eigenvalue weighted by Crippen LogP contribution is -1.99. The molecule has 2 N–H and O–H groups in total. The van der Waals surface area contributed by atoms with Gasteiger partial charge in [0.2, 0.25) is 0 Å². The van der Waals surface area contributed by atoms with Crippen LogP contribution in [0.25, 0.3) is 0 Å². The Morgan fingerprint density at radius 3 is 2.59 bits per heavy atom. The highest BCUT2D eigenvalue weighted by Gasteiger charge is 2.06. The fourth-order valence-corrected chi connectivity index (χ4v) is 2.28. The molecule has 0 amide bonds. The van der Waals surface area contributed by atoms with Crippen molar-refractivity contribution in [2.75, 3.05) is 0 Å². The van der Waals surface area contributed by atoms with E-state index < -0.39 is 0 Å². The largest absolute Gasteiger partial charge is 0.456 e. The zero-order valence-corrected chi connectivity index (χ0v) is 12.7. The molecule has 0 atom stereocenters. The number of rotatable bonds is 3. The monoisotopic (exact) mass is 403 g/mol. The molecule has 0 aliphatic rings. The first-order valence-electron chi connectivity index (χ1n) is 5.11. The second-order valence-corrected chi connectivity index (χ2v) is 5.57. The molecule has 0 radical (unpaired) electrons. The van der Waals surface area contributed by atoms with E-state index in [4.69, 9.17) is 10.5 Å². The van der Waals surface area contributed by atoms with Crippen molar-refractivity contribution < 1.29 is 4.74 Å². The van der Waals surface area contributed by atoms with E-state index in [9.17, 15) is 0 Å². The zero-order valence-electron chi connectivity index (χ0n) is 8.99. The van der Waals surface area contributed by atoms with Crippen LogP contribution in [0.4, 0.5) is 0 Å². The highest BCUT2D eigenvalue weighted by molar-refractivity contribution is 14.1. The minimum atomic E-state index is 0.464. The van der Waals surface area contributed by atoms with Crippen LogP contribution >= 0.6 is 38.5 Å². The van der Waals surface area contributed by atoms with Crippen molar-refractivity contribution in [1.29, 1.82) is 0 Å². The predicted molar refractivity (Wildman–Crippen MR) is 81.3 cm³/mol. The fourth-order valence-electron chi connectivity index (χ4n) is 1.44. The van der Waals surface area contributed by atoms with Crippen molar-refractivity contribution in [2.24, 2.45) is 5.73 Å². The summed E-state index contributed by atoms with van der Waals surface area (Å²) in [6, 6.07) is 13.8. The first kappa shape index (κ1) is 12.9. The molecule has 0 spiro atoms. The molecule has 4 heteroatoms. The summed E-state index contributed by atoms with van der Waals surface area (Å²) in [6.07, 6.45) is 0. The molecule has 0 aliphatic carbocycles. The maximum atomic E-state index is 5.89. The second kappa shape index (κ2) is 5.84. The second-order valence-electron chi connectivity index (χ2n) is 3.49. The third-order valence-corrected chi connectivity index (χ3v) is 3.69. The molecule has 2 rings (SSSR count). The highest BCUT2D eigenvalue weighted by Crippen LogP contribution is 2.30. The van der Waals surface area contributed by atoms with Crippen LogP contribution in [0.1, 0.15) is 5.56 Å². The smallest absolute Gasteiger partial charge is 0.140 e. The Morgan fingerprint density at radius 1 is 1.12 bits per heavy atom. The predicted octanol–water partition coefficient (Wildman–Crippen LogP) is 4.30. The lowest BCUT2D eigenvalue weighted by molar-refractivity contribution is 0.473. The van der Waals surface area contributed by atoms with Gasteiger partial charge in [0.1, 0.15) is 11.5 Å². The number of halogens is 2. The molecule has 0 fully saturated rings. The molecular formula is C13H11BrINO. The van der Waals surface area contributed by atoms with Gasteiger partial charge in [0.15, 0.2) is 0 Å². The van der Waals surface area contributed by atoms with Crippen LogP contribution in [0.3, 0.4) is 0 Å². The van der Waals surface area contributed by atoms with Crippen molar-refractivity contribution >= 4 is 38.5 Å². The van der Waals surface area contributed by atoms with Gasteiger partial charge in [-0.05, 0) is 46.9 Å². The molecule has 0 saturated heterocycles. The molecule has 0 aliphatic heterocycles. The third-order valence-electron chi connectivity index (χ3n) is 2.31. The summed E-state index contributed by atoms with van der Waals surface area (Å²) in [4.78, 5) is 0. The minimum absolute atomic E-state index is 0.464. The summed E-state index contributed by atoms with van der Waals surface area (Å²) >= 11 is 5.69. The average Bonchev–Trinajstić information content (AvgIpc) is 2.32. The Balaban J connectivity index is 2.35. The van der Waals surface area contributed by atoms with Gasteiger partial charge >= 0.3 is 0 Å². The van der Waals surface area contributed by atoms with Gasteiger partial charge in [-0.15, -0.1) is 0 Å². The van der Waals surface area contributed by atoms with E-state index in [1.54, 1.807) is 0 Å². The van der Waals surface area contributed by atoms with E-state index >= 15 is 0 Å². The Labute approximate surface area is 122 Å². The molecule has 2 aromatic carbocycles. The Hall–Kier alpha value is -0.590. The summed E-state index contributed by atoms with van der Waals surface area (Å²) in [6.45, 7) is 0.464. The van der Waals surface area contributed by atoms with Crippen LogP contribution in [-0.2, 0) is 6.54 Å². The number of hydrogen-bond acceptors (Lipinski definition) is 2. The fraction of sp³-hybridized carbons (Fsp3) is 0.0769. The van der Waals surface area contributed by atoms with E-state index in [0.29, 0.717) is 6.54 Å². The van der Waals surface area contributed by atoms with E-state index in [-0.39, 0.29) is 0 Å². The summed E-state index contributed by atoms with van der Waals surface area (Å²) in [5, 5.41) is 0. The number of ether oxygens (including phenoxy) is 1. The van der Waals surface area contributed by atoms with Gasteiger partial charge in [-0.25, -0.2) is 0 Å². The van der Waals surface area contributed by atoms with Crippen LogP contribution in [0.15, 0.2) is 46.9 Å². The van der Waals surface area contributed by atoms with Crippen molar-refractivity contribution in [1.82, 2.24) is 0 Å². The topological polar surface area (TPSA) is 35.2 Å². The Morgan fingerprint density at radius 2 is 1.88 bits per heavy atom. The zero-order chi connectivity index (χ0) is 12.3. The molecule has 2 aromatic rings. The van der Waals surface area contributed by atoms with Crippen molar-refractivity contribution in [2.45, 2.75) is 6.54 Å². The van der Waals surface area contributed by atoms with Crippen LogP contribution in [0, 0.1) is 3.57 Å². The van der Waals surface area contributed by atoms with E-state index in [1.807, 2.05) is 42.5 Å². The first-order chi connectivity index (χ1) is 8.20. The van der Waals surface area contributed by atoms with Crippen LogP contribution in [0.5, 0.6) is 11.5 Å². The van der Waals surface area contributed by atoms with E-state index in [1.165, 1.54) is 0 Å². The van der Waals surface area contributed by atoms with Gasteiger partial charge in [-0.2, -0.15) is 0 Å². The standard InChI is InChI=1S/C13H11BrINO/c14-10-6-5-9(8-16)13(7-10)17-12-4-2-1-3-11(12)15/h1-7H,8,16H2. The average molecular weight is 404 g/mol. The lowest BCUT2D eigenvalue weighted by atomic mass is 10.2. The van der Waals surface area contributed by atoms with Crippen LogP contribution < -0.4 is 10.5 Å². The summed E-state index contributed by atoms with van der Waals surface area (Å²) < 4.78 is 7.95. The SMILES string of the molecule is NCc1ccc(Br)cc1Oc1ccccc1I. The van der Waals surface area contributed by atoms with Crippen molar-refractivity contribution in [3.63, 3.8) is 0 Å². The summed E-state index contributed by atoms with van der Waals surface area (Å²) in [5.41, 5.74) is 6.69. The molecule has 0 heterocycles. The van der Waals surface area contributed by atoms with Gasteiger partial charge in [-0.3, -0.25) is 0 Å². The van der Waals surface area contributed by atoms with E-state index in [2.05, 4.69) is 38.5 Å². The van der Waals surface area contributed by atoms with Crippen molar-refractivity contribution in [3.8, 4) is 11.5 Å². The van der Waals surface area contributed by atoms with Gasteiger partial charge in [0.05, 0.1) is 3.57 Å². The molecule has 0 aromatic heterocycles. The van der Waals surface area contributed by atoms with Crippen molar-refractivity contribution in [3.05, 3.63) is 56.1 Å². The maximum Gasteiger partial charge on any atom is 0.140 e. The van der Waals surface area contributed by atoms with Crippen LogP contribution in [-0.4, -0.2) is 0 Å². The lowest BCUT2D eigenvalue weighted by Gasteiger charge is -2.11. The number of hydrogen-bond donors (Lipinski definition) is 1. The molecule has 0 unspecified atom stereocenters.